The van der Waals surface area contributed by atoms with Crippen molar-refractivity contribution in [2.24, 2.45) is 5.92 Å². The summed E-state index contributed by atoms with van der Waals surface area (Å²) < 4.78 is 6.36. The van der Waals surface area contributed by atoms with Crippen LogP contribution in [0.15, 0.2) is 33.6 Å². The zero-order chi connectivity index (χ0) is 20.2. The average molecular weight is 397 g/mol. The second-order valence-corrected chi connectivity index (χ2v) is 7.27. The minimum absolute atomic E-state index is 0.111. The van der Waals surface area contributed by atoms with Crippen LogP contribution in [0, 0.1) is 5.92 Å². The zero-order valence-electron chi connectivity index (χ0n) is 16.2. The quantitative estimate of drug-likeness (QED) is 0.639. The molecule has 0 fully saturated rings. The number of carbonyl (C=O) groups is 1. The lowest BCUT2D eigenvalue weighted by Crippen LogP contribution is -2.39. The molecule has 0 bridgehead atoms. The maximum atomic E-state index is 13.3. The van der Waals surface area contributed by atoms with Crippen molar-refractivity contribution in [3.05, 3.63) is 46.2 Å². The van der Waals surface area contributed by atoms with E-state index in [0.29, 0.717) is 31.9 Å². The van der Waals surface area contributed by atoms with Crippen molar-refractivity contribution in [2.45, 2.75) is 45.7 Å². The van der Waals surface area contributed by atoms with Crippen LogP contribution in [-0.2, 0) is 24.3 Å². The third-order valence-corrected chi connectivity index (χ3v) is 5.18. The van der Waals surface area contributed by atoms with Crippen LogP contribution in [0.4, 0.5) is 0 Å². The molecular weight excluding hydrogens is 374 g/mol. The smallest absolute Gasteiger partial charge is 0.338 e. The number of amides is 1. The molecular formula is C19H23N7O3. The van der Waals surface area contributed by atoms with Gasteiger partial charge in [0, 0.05) is 37.5 Å². The number of hydrogen-bond donors (Lipinski definition) is 1. The van der Waals surface area contributed by atoms with Crippen molar-refractivity contribution in [1.82, 2.24) is 35.2 Å². The Bertz CT molecular complexity index is 1040. The molecule has 2 aromatic heterocycles. The van der Waals surface area contributed by atoms with Gasteiger partial charge < -0.3 is 4.90 Å². The second-order valence-electron chi connectivity index (χ2n) is 7.27. The van der Waals surface area contributed by atoms with Crippen molar-refractivity contribution in [1.29, 1.82) is 0 Å². The standard InChI is InChI=1S/C19H23N7O3/c1-2-3-8-25(18(27)15-7-9-26-16(11-15)21-23-24-26)12-13-5-4-6-14(10-13)17-20-19(28)29-22-17/h4-6,10,15H,2-3,7-9,11-12H2,1H3,(H,20,22,28). The number of aromatic nitrogens is 6. The van der Waals surface area contributed by atoms with Gasteiger partial charge in [0.2, 0.25) is 5.91 Å². The summed E-state index contributed by atoms with van der Waals surface area (Å²) in [5, 5.41) is 15.4. The van der Waals surface area contributed by atoms with E-state index in [4.69, 9.17) is 0 Å². The fourth-order valence-electron chi connectivity index (χ4n) is 3.62. The van der Waals surface area contributed by atoms with Gasteiger partial charge in [0.1, 0.15) is 0 Å². The molecule has 1 aromatic carbocycles. The SMILES string of the molecule is CCCCN(Cc1cccc(-c2noc(=O)[nH]2)c1)C(=O)C1CCn2nnnc2C1. The summed E-state index contributed by atoms with van der Waals surface area (Å²) >= 11 is 0. The van der Waals surface area contributed by atoms with Crippen molar-refractivity contribution in [2.75, 3.05) is 6.54 Å². The van der Waals surface area contributed by atoms with Gasteiger partial charge in [-0.3, -0.25) is 14.3 Å². The molecule has 0 aliphatic carbocycles. The number of nitrogens with zero attached hydrogens (tertiary/aromatic N) is 6. The molecule has 0 spiro atoms. The zero-order valence-corrected chi connectivity index (χ0v) is 16.2. The molecule has 1 N–H and O–H groups in total. The van der Waals surface area contributed by atoms with Crippen LogP contribution in [-0.4, -0.2) is 47.7 Å². The van der Waals surface area contributed by atoms with E-state index >= 15 is 0 Å². The minimum atomic E-state index is -0.593. The Labute approximate surface area is 166 Å². The van der Waals surface area contributed by atoms with Crippen LogP contribution in [0.5, 0.6) is 0 Å². The lowest BCUT2D eigenvalue weighted by atomic mass is 9.96. The number of fused-ring (bicyclic) bond motifs is 1. The number of rotatable bonds is 7. The number of nitrogens with one attached hydrogen (secondary N) is 1. The topological polar surface area (TPSA) is 123 Å². The van der Waals surface area contributed by atoms with Gasteiger partial charge in [-0.2, -0.15) is 0 Å². The molecule has 1 amide bonds. The molecule has 3 heterocycles. The van der Waals surface area contributed by atoms with Crippen LogP contribution >= 0.6 is 0 Å². The van der Waals surface area contributed by atoms with Gasteiger partial charge >= 0.3 is 5.76 Å². The fraction of sp³-hybridized carbons (Fsp3) is 0.474. The Balaban J connectivity index is 1.51. The maximum absolute atomic E-state index is 13.3. The third-order valence-electron chi connectivity index (χ3n) is 5.18. The maximum Gasteiger partial charge on any atom is 0.439 e. The van der Waals surface area contributed by atoms with E-state index in [1.165, 1.54) is 0 Å². The van der Waals surface area contributed by atoms with Gasteiger partial charge in [-0.15, -0.1) is 5.10 Å². The number of H-pyrrole nitrogens is 1. The number of tetrazole rings is 1. The molecule has 1 atom stereocenters. The molecule has 1 unspecified atom stereocenters. The largest absolute Gasteiger partial charge is 0.439 e. The number of unbranched alkanes of at least 4 members (excludes halogenated alkanes) is 1. The van der Waals surface area contributed by atoms with E-state index in [1.54, 1.807) is 4.68 Å². The summed E-state index contributed by atoms with van der Waals surface area (Å²) in [4.78, 5) is 29.0. The molecule has 29 heavy (non-hydrogen) atoms. The second kappa shape index (κ2) is 8.38. The Morgan fingerprint density at radius 2 is 2.31 bits per heavy atom. The molecule has 10 heteroatoms. The first-order valence-electron chi connectivity index (χ1n) is 9.83. The highest BCUT2D eigenvalue weighted by molar-refractivity contribution is 5.79. The average Bonchev–Trinajstić information content (AvgIpc) is 3.39. The Morgan fingerprint density at radius 1 is 1.41 bits per heavy atom. The van der Waals surface area contributed by atoms with E-state index in [9.17, 15) is 9.59 Å². The Morgan fingerprint density at radius 3 is 3.10 bits per heavy atom. The van der Waals surface area contributed by atoms with Gasteiger partial charge in [0.15, 0.2) is 11.6 Å². The first-order valence-corrected chi connectivity index (χ1v) is 9.83. The number of benzene rings is 1. The van der Waals surface area contributed by atoms with E-state index in [1.807, 2.05) is 29.2 Å². The summed E-state index contributed by atoms with van der Waals surface area (Å²) in [6, 6.07) is 7.61. The van der Waals surface area contributed by atoms with Crippen LogP contribution < -0.4 is 5.76 Å². The number of aromatic amines is 1. The highest BCUT2D eigenvalue weighted by Crippen LogP contribution is 2.22. The van der Waals surface area contributed by atoms with Crippen LogP contribution in [0.1, 0.15) is 37.6 Å². The summed E-state index contributed by atoms with van der Waals surface area (Å²) in [5.41, 5.74) is 1.71. The van der Waals surface area contributed by atoms with Gasteiger partial charge in [-0.1, -0.05) is 36.7 Å². The van der Waals surface area contributed by atoms with Crippen LogP contribution in [0.25, 0.3) is 11.4 Å². The van der Waals surface area contributed by atoms with Crippen molar-refractivity contribution in [3.8, 4) is 11.4 Å². The summed E-state index contributed by atoms with van der Waals surface area (Å²) in [6.07, 6.45) is 3.24. The predicted octanol–water partition coefficient (Wildman–Crippen LogP) is 1.41. The molecule has 0 saturated heterocycles. The first kappa shape index (κ1) is 19.0. The highest BCUT2D eigenvalue weighted by atomic mass is 16.5. The van der Waals surface area contributed by atoms with Crippen molar-refractivity contribution < 1.29 is 9.32 Å². The molecule has 3 aromatic rings. The Kier molecular flexibility index (Phi) is 5.50. The van der Waals surface area contributed by atoms with Gasteiger partial charge in [0.25, 0.3) is 0 Å². The number of hydrogen-bond acceptors (Lipinski definition) is 7. The number of aryl methyl sites for hydroxylation is 1. The summed E-state index contributed by atoms with van der Waals surface area (Å²) in [6.45, 7) is 3.96. The van der Waals surface area contributed by atoms with Crippen LogP contribution in [0.3, 0.4) is 0 Å². The predicted molar refractivity (Wildman–Crippen MR) is 103 cm³/mol. The van der Waals surface area contributed by atoms with Gasteiger partial charge in [-0.05, 0) is 34.9 Å². The molecule has 4 rings (SSSR count). The lowest BCUT2D eigenvalue weighted by molar-refractivity contribution is -0.137. The van der Waals surface area contributed by atoms with E-state index < -0.39 is 5.76 Å². The fourth-order valence-corrected chi connectivity index (χ4v) is 3.62. The molecule has 1 aliphatic heterocycles. The molecule has 0 saturated carbocycles. The lowest BCUT2D eigenvalue weighted by Gasteiger charge is -2.29. The van der Waals surface area contributed by atoms with Gasteiger partial charge in [0.05, 0.1) is 0 Å². The van der Waals surface area contributed by atoms with Crippen LogP contribution in [0.2, 0.25) is 0 Å². The minimum Gasteiger partial charge on any atom is -0.338 e. The molecule has 10 nitrogen and oxygen atoms in total. The highest BCUT2D eigenvalue weighted by Gasteiger charge is 2.30. The van der Waals surface area contributed by atoms with E-state index in [2.05, 4.69) is 37.1 Å². The molecule has 1 aliphatic rings. The Hall–Kier alpha value is -3.30. The molecule has 0 radical (unpaired) electrons. The number of carbonyl (C=O) groups excluding carboxylic acids is 1. The normalized spacial score (nSPS) is 15.8. The van der Waals surface area contributed by atoms with E-state index in [0.717, 1.165) is 36.2 Å². The van der Waals surface area contributed by atoms with Crippen molar-refractivity contribution >= 4 is 5.91 Å². The first-order chi connectivity index (χ1) is 14.1. The summed E-state index contributed by atoms with van der Waals surface area (Å²) in [7, 11) is 0. The third kappa shape index (κ3) is 4.25. The van der Waals surface area contributed by atoms with E-state index in [-0.39, 0.29) is 11.8 Å². The molecule has 152 valence electrons. The van der Waals surface area contributed by atoms with Gasteiger partial charge in [-0.25, -0.2) is 9.48 Å². The monoisotopic (exact) mass is 397 g/mol. The van der Waals surface area contributed by atoms with Crippen molar-refractivity contribution in [3.63, 3.8) is 0 Å². The summed E-state index contributed by atoms with van der Waals surface area (Å²) in [5.74, 6) is 0.572.